The molecule has 3 aliphatic rings. The molecule has 3 fully saturated rings. The lowest BCUT2D eigenvalue weighted by molar-refractivity contribution is -0.231. The van der Waals surface area contributed by atoms with E-state index in [1.165, 1.54) is 0 Å². The highest BCUT2D eigenvalue weighted by Gasteiger charge is 2.68. The minimum atomic E-state index is -0.657. The molecule has 0 heterocycles. The van der Waals surface area contributed by atoms with Crippen LogP contribution in [-0.2, 0) is 20.9 Å². The van der Waals surface area contributed by atoms with Crippen molar-refractivity contribution < 1.29 is 24.5 Å². The van der Waals surface area contributed by atoms with E-state index in [0.717, 1.165) is 31.2 Å². The van der Waals surface area contributed by atoms with Gasteiger partial charge >= 0.3 is 0 Å². The summed E-state index contributed by atoms with van der Waals surface area (Å²) in [5.41, 5.74) is 0.0648. The Kier molecular flexibility index (Phi) is 7.08. The summed E-state index contributed by atoms with van der Waals surface area (Å²) in [4.78, 5) is 13.3. The molecule has 1 aromatic rings. The average Bonchev–Trinajstić information content (AvgIpc) is 3.17. The van der Waals surface area contributed by atoms with Crippen molar-refractivity contribution in [3.05, 3.63) is 35.9 Å². The molecule has 184 valence electrons. The summed E-state index contributed by atoms with van der Waals surface area (Å²) in [6.07, 6.45) is 3.82. The summed E-state index contributed by atoms with van der Waals surface area (Å²) >= 11 is 0. The minimum Gasteiger partial charge on any atom is -0.396 e. The number of aliphatic hydroxyl groups is 2. The predicted octanol–water partition coefficient (Wildman–Crippen LogP) is 4.74. The first-order valence-electron chi connectivity index (χ1n) is 12.8. The quantitative estimate of drug-likeness (QED) is 0.456. The van der Waals surface area contributed by atoms with Crippen molar-refractivity contribution in [1.29, 1.82) is 0 Å². The number of rotatable bonds is 7. The van der Waals surface area contributed by atoms with Gasteiger partial charge in [-0.2, -0.15) is 0 Å². The van der Waals surface area contributed by atoms with Gasteiger partial charge in [0, 0.05) is 24.4 Å². The number of ether oxygens (including phenoxy) is 2. The third-order valence-electron chi connectivity index (χ3n) is 10.1. The second-order valence-corrected chi connectivity index (χ2v) is 11.5. The van der Waals surface area contributed by atoms with Crippen LogP contribution in [0.1, 0.15) is 71.8 Å². The third-order valence-corrected chi connectivity index (χ3v) is 10.1. The van der Waals surface area contributed by atoms with E-state index in [1.807, 2.05) is 30.3 Å². The van der Waals surface area contributed by atoms with Crippen LogP contribution in [0.2, 0.25) is 0 Å². The lowest BCUT2D eigenvalue weighted by Gasteiger charge is -2.62. The Morgan fingerprint density at radius 2 is 1.88 bits per heavy atom. The Balaban J connectivity index is 1.63. The maximum absolute atomic E-state index is 13.3. The molecule has 0 radical (unpaired) electrons. The molecule has 0 aliphatic heterocycles. The summed E-state index contributed by atoms with van der Waals surface area (Å²) in [5.74, 6) is 0.151. The van der Waals surface area contributed by atoms with Crippen molar-refractivity contribution in [3.63, 3.8) is 0 Å². The van der Waals surface area contributed by atoms with E-state index in [1.54, 1.807) is 0 Å². The van der Waals surface area contributed by atoms with Gasteiger partial charge in [0.25, 0.3) is 0 Å². The fourth-order valence-electron chi connectivity index (χ4n) is 7.89. The Labute approximate surface area is 198 Å². The Bertz CT molecular complexity index is 827. The van der Waals surface area contributed by atoms with Gasteiger partial charge in [-0.1, -0.05) is 58.0 Å². The summed E-state index contributed by atoms with van der Waals surface area (Å²) in [7, 11) is 0. The van der Waals surface area contributed by atoms with Crippen LogP contribution in [0.25, 0.3) is 0 Å². The lowest BCUT2D eigenvalue weighted by atomic mass is 9.43. The van der Waals surface area contributed by atoms with Crippen molar-refractivity contribution in [2.45, 2.75) is 85.0 Å². The smallest absolute Gasteiger partial charge is 0.147 e. The van der Waals surface area contributed by atoms with Gasteiger partial charge in [-0.05, 0) is 60.3 Å². The first-order valence-corrected chi connectivity index (χ1v) is 12.8. The molecule has 2 bridgehead atoms. The van der Waals surface area contributed by atoms with Gasteiger partial charge in [0.05, 0.1) is 18.8 Å². The molecule has 5 nitrogen and oxygen atoms in total. The third kappa shape index (κ3) is 3.99. The van der Waals surface area contributed by atoms with Crippen LogP contribution in [0.3, 0.4) is 0 Å². The molecule has 5 heteroatoms. The maximum atomic E-state index is 13.3. The normalized spacial score (nSPS) is 43.1. The molecular formula is C28H42O5. The second-order valence-electron chi connectivity index (χ2n) is 11.5. The van der Waals surface area contributed by atoms with Crippen LogP contribution in [0.4, 0.5) is 0 Å². The van der Waals surface area contributed by atoms with Gasteiger partial charge in [-0.25, -0.2) is 0 Å². The zero-order chi connectivity index (χ0) is 23.9. The van der Waals surface area contributed by atoms with E-state index >= 15 is 0 Å². The van der Waals surface area contributed by atoms with Gasteiger partial charge in [0.2, 0.25) is 0 Å². The summed E-state index contributed by atoms with van der Waals surface area (Å²) in [6.45, 7) is 9.44. The molecule has 0 aromatic heterocycles. The van der Waals surface area contributed by atoms with Crippen LogP contribution in [0.15, 0.2) is 30.3 Å². The van der Waals surface area contributed by atoms with Crippen LogP contribution >= 0.6 is 0 Å². The SMILES string of the molecule is CC[C@]1(C)C[C@@H](O)[C@@]2(C)C3C(=O)CC[C@@]3(CC[C@H]2CO)[C@H](C)C1OCOCc1ccccc1. The molecule has 0 spiro atoms. The predicted molar refractivity (Wildman–Crippen MR) is 127 cm³/mol. The summed E-state index contributed by atoms with van der Waals surface area (Å²) < 4.78 is 12.4. The van der Waals surface area contributed by atoms with Gasteiger partial charge in [-0.3, -0.25) is 4.79 Å². The van der Waals surface area contributed by atoms with E-state index in [-0.39, 0.29) is 53.9 Å². The van der Waals surface area contributed by atoms with Crippen LogP contribution in [-0.4, -0.2) is 41.6 Å². The maximum Gasteiger partial charge on any atom is 0.147 e. The number of hydrogen-bond donors (Lipinski definition) is 2. The summed E-state index contributed by atoms with van der Waals surface area (Å²) in [5, 5.41) is 21.9. The van der Waals surface area contributed by atoms with Gasteiger partial charge in [0.15, 0.2) is 0 Å². The highest BCUT2D eigenvalue weighted by atomic mass is 16.7. The standard InChI is InChI=1S/C28H42O5/c1-5-26(3)15-23(31)27(4)21(16-29)11-13-28(14-12-22(30)24(27)28)19(2)25(26)33-18-32-17-20-9-7-6-8-10-20/h6-10,19,21,23-25,29,31H,5,11-18H2,1-4H3/t19-,21+,23-,24?,25?,26-,27+,28+/m1/s1. The molecule has 0 saturated heterocycles. The fourth-order valence-corrected chi connectivity index (χ4v) is 7.89. The highest BCUT2D eigenvalue weighted by Crippen LogP contribution is 2.68. The molecule has 3 aliphatic carbocycles. The van der Waals surface area contributed by atoms with Crippen molar-refractivity contribution in [2.75, 3.05) is 13.4 Å². The van der Waals surface area contributed by atoms with E-state index in [9.17, 15) is 15.0 Å². The number of aliphatic hydroxyl groups excluding tert-OH is 2. The number of Topliss-reactive ketones (excluding diaryl/α,β-unsaturated/α-hetero) is 1. The van der Waals surface area contributed by atoms with Crippen LogP contribution in [0, 0.1) is 34.0 Å². The van der Waals surface area contributed by atoms with Crippen molar-refractivity contribution in [1.82, 2.24) is 0 Å². The van der Waals surface area contributed by atoms with Gasteiger partial charge < -0.3 is 19.7 Å². The molecule has 2 N–H and O–H groups in total. The number of carbonyl (C=O) groups is 1. The minimum absolute atomic E-state index is 0.0257. The van der Waals surface area contributed by atoms with Crippen molar-refractivity contribution in [2.24, 2.45) is 34.0 Å². The number of benzene rings is 1. The summed E-state index contributed by atoms with van der Waals surface area (Å²) in [6, 6.07) is 10.1. The van der Waals surface area contributed by atoms with E-state index < -0.39 is 11.5 Å². The molecular weight excluding hydrogens is 416 g/mol. The number of hydrogen-bond acceptors (Lipinski definition) is 5. The highest BCUT2D eigenvalue weighted by molar-refractivity contribution is 5.85. The lowest BCUT2D eigenvalue weighted by Crippen LogP contribution is -2.63. The van der Waals surface area contributed by atoms with Crippen LogP contribution < -0.4 is 0 Å². The first-order chi connectivity index (χ1) is 15.7. The molecule has 33 heavy (non-hydrogen) atoms. The van der Waals surface area contributed by atoms with E-state index in [0.29, 0.717) is 19.4 Å². The zero-order valence-electron chi connectivity index (χ0n) is 20.8. The Hall–Kier alpha value is -1.27. The molecule has 1 aromatic carbocycles. The molecule has 8 atom stereocenters. The van der Waals surface area contributed by atoms with Crippen LogP contribution in [0.5, 0.6) is 0 Å². The topological polar surface area (TPSA) is 76.0 Å². The molecule has 3 saturated carbocycles. The van der Waals surface area contributed by atoms with Gasteiger partial charge in [0.1, 0.15) is 12.6 Å². The largest absolute Gasteiger partial charge is 0.396 e. The monoisotopic (exact) mass is 458 g/mol. The second kappa shape index (κ2) is 9.41. The molecule has 4 rings (SSSR count). The fraction of sp³-hybridized carbons (Fsp3) is 0.750. The number of ketones is 1. The Morgan fingerprint density at radius 3 is 2.55 bits per heavy atom. The van der Waals surface area contributed by atoms with Gasteiger partial charge in [-0.15, -0.1) is 0 Å². The average molecular weight is 459 g/mol. The number of carbonyl (C=O) groups excluding carboxylic acids is 1. The Morgan fingerprint density at radius 1 is 1.15 bits per heavy atom. The first kappa shape index (κ1) is 24.8. The molecule has 2 unspecified atom stereocenters. The molecule has 0 amide bonds. The van der Waals surface area contributed by atoms with Crippen molar-refractivity contribution in [3.8, 4) is 0 Å². The van der Waals surface area contributed by atoms with E-state index in [2.05, 4.69) is 27.7 Å². The van der Waals surface area contributed by atoms with Crippen molar-refractivity contribution >= 4 is 5.78 Å². The van der Waals surface area contributed by atoms with E-state index in [4.69, 9.17) is 9.47 Å². The zero-order valence-corrected chi connectivity index (χ0v) is 20.8.